The minimum Gasteiger partial charge on any atom is -0.326 e. The van der Waals surface area contributed by atoms with Crippen molar-refractivity contribution in [2.24, 2.45) is 0 Å². The van der Waals surface area contributed by atoms with E-state index in [0.717, 1.165) is 21.5 Å². The molecular formula is C18H17N3O2S2. The normalized spacial score (nSPS) is 10.6. The molecule has 2 amide bonds. The summed E-state index contributed by atoms with van der Waals surface area (Å²) in [5, 5.41) is 6.13. The number of aromatic nitrogens is 1. The molecule has 0 bridgehead atoms. The molecule has 0 radical (unpaired) electrons. The Balaban J connectivity index is 1.79. The first kappa shape index (κ1) is 17.4. The fraction of sp³-hybridized carbons (Fsp3) is 0.167. The van der Waals surface area contributed by atoms with E-state index in [0.29, 0.717) is 16.4 Å². The van der Waals surface area contributed by atoms with E-state index in [9.17, 15) is 9.59 Å². The highest BCUT2D eigenvalue weighted by molar-refractivity contribution is 7.97. The Morgan fingerprint density at radius 3 is 2.76 bits per heavy atom. The lowest BCUT2D eigenvalue weighted by molar-refractivity contribution is -0.114. The molecule has 0 aliphatic rings. The molecular weight excluding hydrogens is 354 g/mol. The summed E-state index contributed by atoms with van der Waals surface area (Å²) in [5.74, 6) is 0.570. The molecule has 0 unspecified atom stereocenters. The average Bonchev–Trinajstić information content (AvgIpc) is 2.96. The summed E-state index contributed by atoms with van der Waals surface area (Å²) in [6.07, 6.45) is 2.03. The van der Waals surface area contributed by atoms with Gasteiger partial charge in [0.2, 0.25) is 5.91 Å². The van der Waals surface area contributed by atoms with Crippen molar-refractivity contribution >= 4 is 55.9 Å². The van der Waals surface area contributed by atoms with Crippen LogP contribution >= 0.6 is 23.1 Å². The standard InChI is InChI=1S/C18H17N3O2S2/c1-11(22)19-14-6-7-15-16(9-14)25-18(20-15)21-17(23)13-5-3-4-12(8-13)10-24-2/h3-9H,10H2,1-2H3,(H,19,22)(H,20,21,23). The van der Waals surface area contributed by atoms with Gasteiger partial charge < -0.3 is 5.32 Å². The fourth-order valence-corrected chi connectivity index (χ4v) is 3.81. The smallest absolute Gasteiger partial charge is 0.257 e. The molecule has 2 N–H and O–H groups in total. The first-order valence-corrected chi connectivity index (χ1v) is 9.83. The number of thiazole rings is 1. The second kappa shape index (κ2) is 7.67. The van der Waals surface area contributed by atoms with E-state index >= 15 is 0 Å². The minimum absolute atomic E-state index is 0.123. The van der Waals surface area contributed by atoms with E-state index in [-0.39, 0.29) is 11.8 Å². The van der Waals surface area contributed by atoms with Crippen molar-refractivity contribution in [1.82, 2.24) is 4.98 Å². The lowest BCUT2D eigenvalue weighted by Crippen LogP contribution is -2.11. The first-order chi connectivity index (χ1) is 12.0. The molecule has 0 atom stereocenters. The Morgan fingerprint density at radius 2 is 2.00 bits per heavy atom. The number of fused-ring (bicyclic) bond motifs is 1. The minimum atomic E-state index is -0.177. The number of anilines is 2. The van der Waals surface area contributed by atoms with Crippen molar-refractivity contribution in [3.63, 3.8) is 0 Å². The van der Waals surface area contributed by atoms with Crippen LogP contribution in [0.2, 0.25) is 0 Å². The van der Waals surface area contributed by atoms with Crippen LogP contribution in [0.1, 0.15) is 22.8 Å². The number of carbonyl (C=O) groups excluding carboxylic acids is 2. The Hall–Kier alpha value is -2.38. The molecule has 0 saturated heterocycles. The fourth-order valence-electron chi connectivity index (χ4n) is 2.40. The second-order valence-electron chi connectivity index (χ2n) is 5.47. The number of nitrogens with one attached hydrogen (secondary N) is 2. The van der Waals surface area contributed by atoms with Gasteiger partial charge in [-0.2, -0.15) is 11.8 Å². The van der Waals surface area contributed by atoms with Crippen LogP contribution in [0.4, 0.5) is 10.8 Å². The van der Waals surface area contributed by atoms with Gasteiger partial charge in [0.15, 0.2) is 5.13 Å². The molecule has 0 fully saturated rings. The molecule has 5 nitrogen and oxygen atoms in total. The highest BCUT2D eigenvalue weighted by atomic mass is 32.2. The average molecular weight is 371 g/mol. The lowest BCUT2D eigenvalue weighted by Gasteiger charge is -2.04. The van der Waals surface area contributed by atoms with Gasteiger partial charge in [-0.05, 0) is 42.2 Å². The Bertz CT molecular complexity index is 937. The predicted octanol–water partition coefficient (Wildman–Crippen LogP) is 4.37. The van der Waals surface area contributed by atoms with Gasteiger partial charge in [0.1, 0.15) is 0 Å². The van der Waals surface area contributed by atoms with E-state index in [1.165, 1.54) is 18.3 Å². The molecule has 7 heteroatoms. The van der Waals surface area contributed by atoms with Gasteiger partial charge >= 0.3 is 0 Å². The van der Waals surface area contributed by atoms with Crippen molar-refractivity contribution < 1.29 is 9.59 Å². The van der Waals surface area contributed by atoms with E-state index in [4.69, 9.17) is 0 Å². The monoisotopic (exact) mass is 371 g/mol. The van der Waals surface area contributed by atoms with E-state index in [2.05, 4.69) is 15.6 Å². The van der Waals surface area contributed by atoms with Crippen LogP contribution in [0.15, 0.2) is 42.5 Å². The zero-order valence-corrected chi connectivity index (χ0v) is 15.5. The van der Waals surface area contributed by atoms with Crippen LogP contribution in [0.5, 0.6) is 0 Å². The molecule has 128 valence electrons. The molecule has 2 aromatic carbocycles. The van der Waals surface area contributed by atoms with Crippen LogP contribution in [0.3, 0.4) is 0 Å². The highest BCUT2D eigenvalue weighted by Crippen LogP contribution is 2.28. The second-order valence-corrected chi connectivity index (χ2v) is 7.37. The number of benzene rings is 2. The van der Waals surface area contributed by atoms with Crippen molar-refractivity contribution in [3.8, 4) is 0 Å². The SMILES string of the molecule is CSCc1cccc(C(=O)Nc2nc3ccc(NC(C)=O)cc3s2)c1. The predicted molar refractivity (Wildman–Crippen MR) is 106 cm³/mol. The number of amides is 2. The summed E-state index contributed by atoms with van der Waals surface area (Å²) < 4.78 is 0.901. The van der Waals surface area contributed by atoms with Crippen molar-refractivity contribution in [1.29, 1.82) is 0 Å². The van der Waals surface area contributed by atoms with Gasteiger partial charge in [-0.15, -0.1) is 0 Å². The van der Waals surface area contributed by atoms with E-state index in [1.54, 1.807) is 23.9 Å². The van der Waals surface area contributed by atoms with Gasteiger partial charge in [-0.1, -0.05) is 23.5 Å². The zero-order chi connectivity index (χ0) is 17.8. The van der Waals surface area contributed by atoms with Crippen molar-refractivity contribution in [3.05, 3.63) is 53.6 Å². The maximum Gasteiger partial charge on any atom is 0.257 e. The van der Waals surface area contributed by atoms with Crippen LogP contribution in [0, 0.1) is 0 Å². The van der Waals surface area contributed by atoms with Gasteiger partial charge in [0, 0.05) is 23.9 Å². The Labute approximate surface area is 153 Å². The molecule has 25 heavy (non-hydrogen) atoms. The molecule has 0 aliphatic carbocycles. The van der Waals surface area contributed by atoms with Gasteiger partial charge in [-0.3, -0.25) is 14.9 Å². The Kier molecular flexibility index (Phi) is 5.35. The summed E-state index contributed by atoms with van der Waals surface area (Å²) in [6.45, 7) is 1.47. The number of carbonyl (C=O) groups is 2. The molecule has 1 heterocycles. The number of hydrogen-bond donors (Lipinski definition) is 2. The van der Waals surface area contributed by atoms with Crippen LogP contribution in [0.25, 0.3) is 10.2 Å². The summed E-state index contributed by atoms with van der Waals surface area (Å²) >= 11 is 3.09. The molecule has 0 spiro atoms. The first-order valence-electron chi connectivity index (χ1n) is 7.62. The maximum atomic E-state index is 12.5. The molecule has 0 saturated carbocycles. The molecule has 3 rings (SSSR count). The van der Waals surface area contributed by atoms with Gasteiger partial charge in [0.25, 0.3) is 5.91 Å². The van der Waals surface area contributed by atoms with Crippen molar-refractivity contribution in [2.45, 2.75) is 12.7 Å². The zero-order valence-electron chi connectivity index (χ0n) is 13.8. The summed E-state index contributed by atoms with van der Waals surface area (Å²) in [6, 6.07) is 13.1. The third-order valence-corrected chi connectivity index (χ3v) is 4.99. The number of rotatable bonds is 5. The van der Waals surface area contributed by atoms with E-state index < -0.39 is 0 Å². The van der Waals surface area contributed by atoms with Crippen LogP contribution in [-0.4, -0.2) is 23.1 Å². The number of hydrogen-bond acceptors (Lipinski definition) is 5. The summed E-state index contributed by atoms with van der Waals surface area (Å²) in [5.41, 5.74) is 3.23. The van der Waals surface area contributed by atoms with Crippen LogP contribution < -0.4 is 10.6 Å². The topological polar surface area (TPSA) is 71.1 Å². The van der Waals surface area contributed by atoms with Crippen molar-refractivity contribution in [2.75, 3.05) is 16.9 Å². The van der Waals surface area contributed by atoms with Gasteiger partial charge in [0.05, 0.1) is 10.2 Å². The van der Waals surface area contributed by atoms with E-state index in [1.807, 2.05) is 36.6 Å². The molecule has 3 aromatic rings. The largest absolute Gasteiger partial charge is 0.326 e. The molecule has 1 aromatic heterocycles. The Morgan fingerprint density at radius 1 is 1.16 bits per heavy atom. The number of thioether (sulfide) groups is 1. The van der Waals surface area contributed by atoms with Gasteiger partial charge in [-0.25, -0.2) is 4.98 Å². The summed E-state index contributed by atoms with van der Waals surface area (Å²) in [7, 11) is 0. The molecule has 0 aliphatic heterocycles. The third-order valence-electron chi connectivity index (χ3n) is 3.43. The van der Waals surface area contributed by atoms with Crippen LogP contribution in [-0.2, 0) is 10.5 Å². The highest BCUT2D eigenvalue weighted by Gasteiger charge is 2.11. The lowest BCUT2D eigenvalue weighted by atomic mass is 10.1. The third kappa shape index (κ3) is 4.37. The quantitative estimate of drug-likeness (QED) is 0.699. The number of nitrogens with zero attached hydrogens (tertiary/aromatic N) is 1. The summed E-state index contributed by atoms with van der Waals surface area (Å²) in [4.78, 5) is 28.0. The maximum absolute atomic E-state index is 12.5.